The second kappa shape index (κ2) is 7.48. The van der Waals surface area contributed by atoms with Gasteiger partial charge in [0.25, 0.3) is 5.69 Å². The van der Waals surface area contributed by atoms with Gasteiger partial charge in [0.15, 0.2) is 0 Å². The van der Waals surface area contributed by atoms with Crippen LogP contribution in [0.15, 0.2) is 18.2 Å². The summed E-state index contributed by atoms with van der Waals surface area (Å²) < 4.78 is 5.26. The molecule has 0 aliphatic carbocycles. The average Bonchev–Trinajstić information content (AvgIpc) is 2.43. The summed E-state index contributed by atoms with van der Waals surface area (Å²) >= 11 is 0. The molecule has 1 aromatic carbocycles. The van der Waals surface area contributed by atoms with Crippen molar-refractivity contribution < 1.29 is 14.5 Å². The summed E-state index contributed by atoms with van der Waals surface area (Å²) in [6, 6.07) is 4.49. The zero-order valence-corrected chi connectivity index (χ0v) is 11.2. The van der Waals surface area contributed by atoms with E-state index in [1.807, 2.05) is 18.7 Å². The van der Waals surface area contributed by atoms with E-state index in [1.54, 1.807) is 12.1 Å². The summed E-state index contributed by atoms with van der Waals surface area (Å²) in [5.74, 6) is 0. The Balaban J connectivity index is 3.01. The van der Waals surface area contributed by atoms with Crippen molar-refractivity contribution >= 4 is 17.7 Å². The van der Waals surface area contributed by atoms with E-state index in [9.17, 15) is 14.9 Å². The van der Waals surface area contributed by atoms with Crippen molar-refractivity contribution in [2.75, 3.05) is 31.2 Å². The molecule has 1 aromatic rings. The standard InChI is InChI=1S/C13H18N2O4/c1-3-14(7-8-19-4-2)12-6-5-11(10-16)9-13(12)15(17)18/h5-6,9-10H,3-4,7-8H2,1-2H3. The molecule has 0 spiro atoms. The fourth-order valence-corrected chi connectivity index (χ4v) is 1.80. The Labute approximate surface area is 112 Å². The zero-order chi connectivity index (χ0) is 14.3. The van der Waals surface area contributed by atoms with Crippen molar-refractivity contribution in [3.63, 3.8) is 0 Å². The molecule has 0 heterocycles. The first kappa shape index (κ1) is 15.1. The lowest BCUT2D eigenvalue weighted by atomic mass is 10.1. The van der Waals surface area contributed by atoms with Gasteiger partial charge in [0, 0.05) is 31.3 Å². The van der Waals surface area contributed by atoms with Crippen LogP contribution in [0, 0.1) is 10.1 Å². The van der Waals surface area contributed by atoms with Crippen LogP contribution in [0.3, 0.4) is 0 Å². The van der Waals surface area contributed by atoms with E-state index < -0.39 is 4.92 Å². The minimum atomic E-state index is -0.467. The van der Waals surface area contributed by atoms with Gasteiger partial charge in [-0.15, -0.1) is 0 Å². The van der Waals surface area contributed by atoms with Crippen LogP contribution in [0.1, 0.15) is 24.2 Å². The number of hydrogen-bond donors (Lipinski definition) is 0. The van der Waals surface area contributed by atoms with Gasteiger partial charge in [-0.1, -0.05) is 0 Å². The van der Waals surface area contributed by atoms with E-state index >= 15 is 0 Å². The molecule has 0 aromatic heterocycles. The van der Waals surface area contributed by atoms with Gasteiger partial charge in [0.05, 0.1) is 11.5 Å². The molecule has 0 N–H and O–H groups in total. The van der Waals surface area contributed by atoms with Gasteiger partial charge in [-0.05, 0) is 26.0 Å². The fourth-order valence-electron chi connectivity index (χ4n) is 1.80. The Morgan fingerprint density at radius 2 is 2.16 bits per heavy atom. The zero-order valence-electron chi connectivity index (χ0n) is 11.2. The molecule has 0 saturated carbocycles. The smallest absolute Gasteiger partial charge is 0.293 e. The highest BCUT2D eigenvalue weighted by atomic mass is 16.6. The maximum Gasteiger partial charge on any atom is 0.293 e. The van der Waals surface area contributed by atoms with Crippen molar-refractivity contribution in [2.24, 2.45) is 0 Å². The maximum atomic E-state index is 11.1. The normalized spacial score (nSPS) is 10.2. The van der Waals surface area contributed by atoms with E-state index in [1.165, 1.54) is 6.07 Å². The van der Waals surface area contributed by atoms with Gasteiger partial charge < -0.3 is 9.64 Å². The van der Waals surface area contributed by atoms with Crippen molar-refractivity contribution in [3.8, 4) is 0 Å². The van der Waals surface area contributed by atoms with Crippen LogP contribution in [-0.2, 0) is 4.74 Å². The number of nitro groups is 1. The Morgan fingerprint density at radius 1 is 1.42 bits per heavy atom. The first-order valence-electron chi connectivity index (χ1n) is 6.20. The van der Waals surface area contributed by atoms with E-state index in [0.717, 1.165) is 0 Å². The van der Waals surface area contributed by atoms with Crippen LogP contribution in [0.2, 0.25) is 0 Å². The lowest BCUT2D eigenvalue weighted by Gasteiger charge is -2.22. The molecule has 1 rings (SSSR count). The third-order valence-corrected chi connectivity index (χ3v) is 2.76. The number of likely N-dealkylation sites (N-methyl/N-ethyl adjacent to an activating group) is 1. The molecule has 6 nitrogen and oxygen atoms in total. The third kappa shape index (κ3) is 4.03. The van der Waals surface area contributed by atoms with Gasteiger partial charge in [0.1, 0.15) is 12.0 Å². The number of aldehydes is 1. The highest BCUT2D eigenvalue weighted by Crippen LogP contribution is 2.28. The summed E-state index contributed by atoms with van der Waals surface area (Å²) in [7, 11) is 0. The lowest BCUT2D eigenvalue weighted by molar-refractivity contribution is -0.384. The molecule has 0 atom stereocenters. The fraction of sp³-hybridized carbons (Fsp3) is 0.462. The number of carbonyl (C=O) groups is 1. The van der Waals surface area contributed by atoms with Crippen molar-refractivity contribution in [1.29, 1.82) is 0 Å². The Bertz CT molecular complexity index is 448. The largest absolute Gasteiger partial charge is 0.380 e. The molecule has 6 heteroatoms. The van der Waals surface area contributed by atoms with Crippen molar-refractivity contribution in [2.45, 2.75) is 13.8 Å². The Hall–Kier alpha value is -1.95. The quantitative estimate of drug-likeness (QED) is 0.312. The predicted molar refractivity (Wildman–Crippen MR) is 72.9 cm³/mol. The monoisotopic (exact) mass is 266 g/mol. The number of rotatable bonds is 8. The predicted octanol–water partition coefficient (Wildman–Crippen LogP) is 2.27. The summed E-state index contributed by atoms with van der Waals surface area (Å²) in [5.41, 5.74) is 0.761. The van der Waals surface area contributed by atoms with Crippen LogP contribution in [0.4, 0.5) is 11.4 Å². The van der Waals surface area contributed by atoms with Crippen molar-refractivity contribution in [3.05, 3.63) is 33.9 Å². The molecule has 0 unspecified atom stereocenters. The third-order valence-electron chi connectivity index (χ3n) is 2.76. The highest BCUT2D eigenvalue weighted by molar-refractivity contribution is 5.79. The van der Waals surface area contributed by atoms with Gasteiger partial charge in [-0.3, -0.25) is 14.9 Å². The van der Waals surface area contributed by atoms with E-state index in [2.05, 4.69) is 0 Å². The number of anilines is 1. The number of nitrogens with zero attached hydrogens (tertiary/aromatic N) is 2. The lowest BCUT2D eigenvalue weighted by Crippen LogP contribution is -2.27. The minimum absolute atomic E-state index is 0.0528. The summed E-state index contributed by atoms with van der Waals surface area (Å²) in [5, 5.41) is 11.1. The van der Waals surface area contributed by atoms with Crippen LogP contribution in [0.25, 0.3) is 0 Å². The van der Waals surface area contributed by atoms with Gasteiger partial charge in [-0.2, -0.15) is 0 Å². The number of ether oxygens (including phenoxy) is 1. The molecular weight excluding hydrogens is 248 g/mol. The van der Waals surface area contributed by atoms with Gasteiger partial charge in [0.2, 0.25) is 0 Å². The molecule has 0 aliphatic heterocycles. The first-order chi connectivity index (χ1) is 9.13. The molecule has 0 amide bonds. The van der Waals surface area contributed by atoms with Crippen LogP contribution in [0.5, 0.6) is 0 Å². The SMILES string of the molecule is CCOCCN(CC)c1ccc(C=O)cc1[N+](=O)[O-]. The van der Waals surface area contributed by atoms with Gasteiger partial charge >= 0.3 is 0 Å². The van der Waals surface area contributed by atoms with E-state index in [0.29, 0.717) is 43.8 Å². The second-order valence-corrected chi connectivity index (χ2v) is 3.90. The van der Waals surface area contributed by atoms with Gasteiger partial charge in [-0.25, -0.2) is 0 Å². The number of nitro benzene ring substituents is 1. The summed E-state index contributed by atoms with van der Waals surface area (Å²) in [4.78, 5) is 23.2. The van der Waals surface area contributed by atoms with Crippen LogP contribution in [-0.4, -0.2) is 37.5 Å². The molecular formula is C13H18N2O4. The molecule has 0 saturated heterocycles. The van der Waals surface area contributed by atoms with Crippen molar-refractivity contribution in [1.82, 2.24) is 0 Å². The van der Waals surface area contributed by atoms with Crippen LogP contribution < -0.4 is 4.90 Å². The molecule has 0 fully saturated rings. The average molecular weight is 266 g/mol. The molecule has 104 valence electrons. The summed E-state index contributed by atoms with van der Waals surface area (Å²) in [6.07, 6.45) is 0.604. The number of hydrogen-bond acceptors (Lipinski definition) is 5. The molecule has 19 heavy (non-hydrogen) atoms. The first-order valence-corrected chi connectivity index (χ1v) is 6.20. The summed E-state index contributed by atoms with van der Waals surface area (Å²) in [6.45, 7) is 6.15. The highest BCUT2D eigenvalue weighted by Gasteiger charge is 2.19. The van der Waals surface area contributed by atoms with E-state index in [4.69, 9.17) is 4.74 Å². The maximum absolute atomic E-state index is 11.1. The number of carbonyl (C=O) groups excluding carboxylic acids is 1. The Morgan fingerprint density at radius 3 is 2.68 bits per heavy atom. The number of benzene rings is 1. The minimum Gasteiger partial charge on any atom is -0.380 e. The van der Waals surface area contributed by atoms with Crippen LogP contribution >= 0.6 is 0 Å². The topological polar surface area (TPSA) is 72.7 Å². The Kier molecular flexibility index (Phi) is 5.95. The second-order valence-electron chi connectivity index (χ2n) is 3.90. The molecule has 0 bridgehead atoms. The molecule has 0 aliphatic rings. The van der Waals surface area contributed by atoms with E-state index in [-0.39, 0.29) is 5.69 Å². The molecule has 0 radical (unpaired) electrons.